The van der Waals surface area contributed by atoms with Crippen molar-refractivity contribution in [2.24, 2.45) is 10.9 Å². The molecular formula is C15H15BrN2O3. The van der Waals surface area contributed by atoms with Crippen LogP contribution in [0.3, 0.4) is 0 Å². The van der Waals surface area contributed by atoms with Crippen LogP contribution in [0.25, 0.3) is 0 Å². The molecule has 110 valence electrons. The standard InChI is InChI=1S/C15H15BrN2O3/c1-2-20-13-5-3-4-6-14(13)21-12-8-7-10(9-11(12)16)15(17)18-19/h3-9,19H,2H2,1H3,(H2,17,18). The second-order valence-electron chi connectivity index (χ2n) is 4.11. The van der Waals surface area contributed by atoms with E-state index in [4.69, 9.17) is 20.4 Å². The minimum Gasteiger partial charge on any atom is -0.490 e. The van der Waals surface area contributed by atoms with Crippen molar-refractivity contribution < 1.29 is 14.7 Å². The summed E-state index contributed by atoms with van der Waals surface area (Å²) in [5.41, 5.74) is 6.14. The molecule has 6 heteroatoms. The largest absolute Gasteiger partial charge is 0.490 e. The molecule has 2 aromatic rings. The van der Waals surface area contributed by atoms with Crippen LogP contribution < -0.4 is 15.2 Å². The second kappa shape index (κ2) is 6.99. The van der Waals surface area contributed by atoms with Crippen LogP contribution in [0.5, 0.6) is 17.2 Å². The molecule has 0 spiro atoms. The Bertz CT molecular complexity index is 659. The molecule has 0 atom stereocenters. The normalized spacial score (nSPS) is 11.2. The molecule has 0 amide bonds. The van der Waals surface area contributed by atoms with Crippen molar-refractivity contribution in [2.45, 2.75) is 6.92 Å². The third-order valence-corrected chi connectivity index (χ3v) is 3.32. The molecule has 2 aromatic carbocycles. The third kappa shape index (κ3) is 3.66. The first kappa shape index (κ1) is 15.2. The van der Waals surface area contributed by atoms with Crippen LogP contribution in [0.15, 0.2) is 52.1 Å². The Labute approximate surface area is 131 Å². The van der Waals surface area contributed by atoms with Crippen molar-refractivity contribution >= 4 is 21.8 Å². The van der Waals surface area contributed by atoms with Gasteiger partial charge in [-0.25, -0.2) is 0 Å². The highest BCUT2D eigenvalue weighted by molar-refractivity contribution is 9.10. The lowest BCUT2D eigenvalue weighted by Gasteiger charge is -2.12. The molecule has 2 rings (SSSR count). The number of nitrogens with zero attached hydrogens (tertiary/aromatic N) is 1. The fraction of sp³-hybridized carbons (Fsp3) is 0.133. The fourth-order valence-electron chi connectivity index (χ4n) is 1.73. The Morgan fingerprint density at radius 1 is 1.19 bits per heavy atom. The summed E-state index contributed by atoms with van der Waals surface area (Å²) in [5, 5.41) is 11.6. The Hall–Kier alpha value is -2.21. The molecule has 3 N–H and O–H groups in total. The van der Waals surface area contributed by atoms with Crippen LogP contribution in [-0.2, 0) is 0 Å². The Morgan fingerprint density at radius 3 is 2.52 bits per heavy atom. The van der Waals surface area contributed by atoms with Crippen LogP contribution in [0.2, 0.25) is 0 Å². The van der Waals surface area contributed by atoms with Gasteiger partial charge in [-0.15, -0.1) is 0 Å². The van der Waals surface area contributed by atoms with E-state index >= 15 is 0 Å². The summed E-state index contributed by atoms with van der Waals surface area (Å²) < 4.78 is 12.1. The summed E-state index contributed by atoms with van der Waals surface area (Å²) in [7, 11) is 0. The van der Waals surface area contributed by atoms with Gasteiger partial charge in [-0.05, 0) is 53.2 Å². The van der Waals surface area contributed by atoms with E-state index in [0.29, 0.717) is 33.9 Å². The predicted octanol–water partition coefficient (Wildman–Crippen LogP) is 3.73. The molecule has 0 saturated heterocycles. The zero-order chi connectivity index (χ0) is 15.2. The van der Waals surface area contributed by atoms with E-state index in [1.165, 1.54) is 0 Å². The zero-order valence-electron chi connectivity index (χ0n) is 11.4. The first-order chi connectivity index (χ1) is 10.2. The molecule has 0 aliphatic carbocycles. The molecule has 0 saturated carbocycles. The summed E-state index contributed by atoms with van der Waals surface area (Å²) in [6, 6.07) is 12.6. The topological polar surface area (TPSA) is 77.1 Å². The van der Waals surface area contributed by atoms with E-state index in [1.54, 1.807) is 18.2 Å². The van der Waals surface area contributed by atoms with Crippen LogP contribution in [-0.4, -0.2) is 17.6 Å². The van der Waals surface area contributed by atoms with Crippen molar-refractivity contribution in [3.05, 3.63) is 52.5 Å². The highest BCUT2D eigenvalue weighted by atomic mass is 79.9. The van der Waals surface area contributed by atoms with E-state index in [9.17, 15) is 0 Å². The average molecular weight is 351 g/mol. The summed E-state index contributed by atoms with van der Waals surface area (Å²) in [6.07, 6.45) is 0. The molecule has 0 fully saturated rings. The molecule has 0 aliphatic heterocycles. The van der Waals surface area contributed by atoms with Crippen molar-refractivity contribution in [3.63, 3.8) is 0 Å². The third-order valence-electron chi connectivity index (χ3n) is 2.70. The van der Waals surface area contributed by atoms with E-state index in [-0.39, 0.29) is 5.84 Å². The summed E-state index contributed by atoms with van der Waals surface area (Å²) >= 11 is 3.41. The molecule has 0 bridgehead atoms. The van der Waals surface area contributed by atoms with Gasteiger partial charge in [-0.2, -0.15) is 0 Å². The van der Waals surface area contributed by atoms with Crippen LogP contribution >= 0.6 is 15.9 Å². The van der Waals surface area contributed by atoms with Crippen LogP contribution in [0.4, 0.5) is 0 Å². The highest BCUT2D eigenvalue weighted by Gasteiger charge is 2.09. The molecule has 0 heterocycles. The van der Waals surface area contributed by atoms with E-state index in [0.717, 1.165) is 0 Å². The van der Waals surface area contributed by atoms with Gasteiger partial charge in [0.1, 0.15) is 5.75 Å². The predicted molar refractivity (Wildman–Crippen MR) is 84.3 cm³/mol. The van der Waals surface area contributed by atoms with Gasteiger partial charge in [0.05, 0.1) is 11.1 Å². The van der Waals surface area contributed by atoms with Gasteiger partial charge in [0.25, 0.3) is 0 Å². The summed E-state index contributed by atoms with van der Waals surface area (Å²) in [5.74, 6) is 1.94. The zero-order valence-corrected chi connectivity index (χ0v) is 13.0. The Kier molecular flexibility index (Phi) is 5.05. The van der Waals surface area contributed by atoms with Crippen LogP contribution in [0, 0.1) is 0 Å². The smallest absolute Gasteiger partial charge is 0.170 e. The molecule has 0 aliphatic rings. The highest BCUT2D eigenvalue weighted by Crippen LogP contribution is 2.35. The molecule has 0 aromatic heterocycles. The molecule has 5 nitrogen and oxygen atoms in total. The van der Waals surface area contributed by atoms with Crippen molar-refractivity contribution in [3.8, 4) is 17.2 Å². The summed E-state index contributed by atoms with van der Waals surface area (Å²) in [4.78, 5) is 0. The number of ether oxygens (including phenoxy) is 2. The second-order valence-corrected chi connectivity index (χ2v) is 4.97. The molecule has 21 heavy (non-hydrogen) atoms. The molecule has 0 radical (unpaired) electrons. The first-order valence-corrected chi connectivity index (χ1v) is 7.12. The van der Waals surface area contributed by atoms with Gasteiger partial charge in [0.15, 0.2) is 17.3 Å². The minimum absolute atomic E-state index is 0.0389. The van der Waals surface area contributed by atoms with Gasteiger partial charge >= 0.3 is 0 Å². The quantitative estimate of drug-likeness (QED) is 0.372. The van der Waals surface area contributed by atoms with E-state index < -0.39 is 0 Å². The number of rotatable bonds is 5. The SMILES string of the molecule is CCOc1ccccc1Oc1ccc(/C(N)=N/O)cc1Br. The maximum absolute atomic E-state index is 8.68. The Balaban J connectivity index is 2.28. The fourth-order valence-corrected chi connectivity index (χ4v) is 2.19. The van der Waals surface area contributed by atoms with Crippen molar-refractivity contribution in [1.29, 1.82) is 0 Å². The number of benzene rings is 2. The summed E-state index contributed by atoms with van der Waals surface area (Å²) in [6.45, 7) is 2.47. The Morgan fingerprint density at radius 2 is 1.90 bits per heavy atom. The maximum Gasteiger partial charge on any atom is 0.170 e. The van der Waals surface area contributed by atoms with E-state index in [2.05, 4.69) is 21.1 Å². The van der Waals surface area contributed by atoms with Gasteiger partial charge in [0, 0.05) is 5.56 Å². The lowest BCUT2D eigenvalue weighted by atomic mass is 10.2. The number of para-hydroxylation sites is 2. The number of hydrogen-bond acceptors (Lipinski definition) is 4. The monoisotopic (exact) mass is 350 g/mol. The number of nitrogens with two attached hydrogens (primary N) is 1. The molecular weight excluding hydrogens is 336 g/mol. The van der Waals surface area contributed by atoms with Gasteiger partial charge in [-0.3, -0.25) is 0 Å². The first-order valence-electron chi connectivity index (χ1n) is 6.32. The lowest BCUT2D eigenvalue weighted by molar-refractivity contribution is 0.318. The van der Waals surface area contributed by atoms with Gasteiger partial charge in [0.2, 0.25) is 0 Å². The van der Waals surface area contributed by atoms with Gasteiger partial charge < -0.3 is 20.4 Å². The number of hydrogen-bond donors (Lipinski definition) is 2. The van der Waals surface area contributed by atoms with Gasteiger partial charge in [-0.1, -0.05) is 17.3 Å². The van der Waals surface area contributed by atoms with Crippen LogP contribution in [0.1, 0.15) is 12.5 Å². The number of halogens is 1. The number of amidine groups is 1. The van der Waals surface area contributed by atoms with Crippen molar-refractivity contribution in [2.75, 3.05) is 6.61 Å². The average Bonchev–Trinajstić information content (AvgIpc) is 2.50. The van der Waals surface area contributed by atoms with E-state index in [1.807, 2.05) is 31.2 Å². The number of oxime groups is 1. The maximum atomic E-state index is 8.68. The lowest BCUT2D eigenvalue weighted by Crippen LogP contribution is -2.12. The van der Waals surface area contributed by atoms with Crippen molar-refractivity contribution in [1.82, 2.24) is 0 Å². The minimum atomic E-state index is 0.0389. The molecule has 0 unspecified atom stereocenters.